The minimum absolute atomic E-state index is 0.0330. The third-order valence-corrected chi connectivity index (χ3v) is 3.59. The molecular weight excluding hydrogens is 252 g/mol. The number of carbonyl (C=O) groups excluding carboxylic acids is 1. The number of piperazine rings is 1. The molecule has 1 aliphatic rings. The summed E-state index contributed by atoms with van der Waals surface area (Å²) >= 11 is 0. The molecule has 0 saturated carbocycles. The second-order valence-electron chi connectivity index (χ2n) is 4.98. The Morgan fingerprint density at radius 2 is 1.80 bits per heavy atom. The van der Waals surface area contributed by atoms with Gasteiger partial charge >= 0.3 is 6.03 Å². The predicted molar refractivity (Wildman–Crippen MR) is 76.3 cm³/mol. The Morgan fingerprint density at radius 3 is 2.45 bits per heavy atom. The maximum absolute atomic E-state index is 12.1. The molecule has 2 aromatic rings. The number of nitrogens with zero attached hydrogens (tertiary/aromatic N) is 4. The van der Waals surface area contributed by atoms with Crippen LogP contribution in [0.4, 0.5) is 4.79 Å². The van der Waals surface area contributed by atoms with Crippen molar-refractivity contribution in [3.63, 3.8) is 0 Å². The molecule has 3 rings (SSSR count). The second kappa shape index (κ2) is 5.88. The Hall–Kier alpha value is -2.14. The molecule has 1 aromatic carbocycles. The molecule has 1 saturated heterocycles. The molecule has 0 N–H and O–H groups in total. The van der Waals surface area contributed by atoms with E-state index in [1.54, 1.807) is 18.5 Å². The molecule has 2 heterocycles. The van der Waals surface area contributed by atoms with Gasteiger partial charge in [0.05, 0.1) is 0 Å². The number of benzene rings is 1. The lowest BCUT2D eigenvalue weighted by molar-refractivity contribution is 0.134. The number of aromatic nitrogens is 2. The van der Waals surface area contributed by atoms with E-state index in [0.717, 1.165) is 32.7 Å². The first-order chi connectivity index (χ1) is 9.83. The first-order valence-corrected chi connectivity index (χ1v) is 6.88. The van der Waals surface area contributed by atoms with Gasteiger partial charge in [-0.2, -0.15) is 9.78 Å². The van der Waals surface area contributed by atoms with Crippen LogP contribution in [0.1, 0.15) is 5.56 Å². The van der Waals surface area contributed by atoms with Gasteiger partial charge in [0.15, 0.2) is 0 Å². The fourth-order valence-electron chi connectivity index (χ4n) is 2.47. The van der Waals surface area contributed by atoms with E-state index in [0.29, 0.717) is 0 Å². The normalized spacial score (nSPS) is 16.3. The predicted octanol–water partition coefficient (Wildman–Crippen LogP) is 1.67. The summed E-state index contributed by atoms with van der Waals surface area (Å²) in [4.78, 5) is 16.4. The molecular formula is C15H18N4O. The van der Waals surface area contributed by atoms with Crippen LogP contribution in [0.15, 0.2) is 48.8 Å². The van der Waals surface area contributed by atoms with E-state index < -0.39 is 0 Å². The molecule has 20 heavy (non-hydrogen) atoms. The minimum Gasteiger partial charge on any atom is -0.320 e. The molecule has 104 valence electrons. The van der Waals surface area contributed by atoms with Crippen LogP contribution < -0.4 is 0 Å². The Kier molecular flexibility index (Phi) is 3.78. The molecule has 0 bridgehead atoms. The number of amides is 1. The molecule has 5 heteroatoms. The molecule has 1 aliphatic heterocycles. The summed E-state index contributed by atoms with van der Waals surface area (Å²) in [6.07, 6.45) is 3.32. The van der Waals surface area contributed by atoms with Gasteiger partial charge in [0, 0.05) is 45.1 Å². The average molecular weight is 270 g/mol. The van der Waals surface area contributed by atoms with E-state index in [4.69, 9.17) is 0 Å². The Morgan fingerprint density at radius 1 is 1.05 bits per heavy atom. The van der Waals surface area contributed by atoms with Gasteiger partial charge in [0.2, 0.25) is 0 Å². The lowest BCUT2D eigenvalue weighted by Gasteiger charge is -2.34. The van der Waals surface area contributed by atoms with Crippen molar-refractivity contribution >= 4 is 6.03 Å². The second-order valence-corrected chi connectivity index (χ2v) is 4.98. The fraction of sp³-hybridized carbons (Fsp3) is 0.333. The highest BCUT2D eigenvalue weighted by Gasteiger charge is 2.22. The van der Waals surface area contributed by atoms with Crippen molar-refractivity contribution in [1.29, 1.82) is 0 Å². The molecule has 0 unspecified atom stereocenters. The van der Waals surface area contributed by atoms with Gasteiger partial charge in [0.25, 0.3) is 0 Å². The lowest BCUT2D eigenvalue weighted by Crippen LogP contribution is -2.49. The molecule has 0 radical (unpaired) electrons. The molecule has 1 amide bonds. The standard InChI is InChI=1S/C15H18N4O/c20-15(19-8-4-7-16-19)18-11-9-17(10-12-18)13-14-5-2-1-3-6-14/h1-8H,9-13H2. The largest absolute Gasteiger partial charge is 0.344 e. The van der Waals surface area contributed by atoms with Crippen molar-refractivity contribution in [3.8, 4) is 0 Å². The number of carbonyl (C=O) groups is 1. The van der Waals surface area contributed by atoms with Crippen LogP contribution in [0.5, 0.6) is 0 Å². The van der Waals surface area contributed by atoms with Crippen LogP contribution in [-0.4, -0.2) is 51.8 Å². The van der Waals surface area contributed by atoms with E-state index in [2.05, 4.69) is 34.3 Å². The zero-order valence-corrected chi connectivity index (χ0v) is 11.4. The molecule has 0 spiro atoms. The van der Waals surface area contributed by atoms with Gasteiger partial charge in [-0.3, -0.25) is 4.90 Å². The molecule has 0 atom stereocenters. The fourth-order valence-corrected chi connectivity index (χ4v) is 2.47. The lowest BCUT2D eigenvalue weighted by atomic mass is 10.2. The van der Waals surface area contributed by atoms with Gasteiger partial charge in [-0.15, -0.1) is 0 Å². The summed E-state index contributed by atoms with van der Waals surface area (Å²) in [6, 6.07) is 12.2. The van der Waals surface area contributed by atoms with E-state index in [-0.39, 0.29) is 6.03 Å². The SMILES string of the molecule is O=C(N1CCN(Cc2ccccc2)CC1)n1cccn1. The Labute approximate surface area is 118 Å². The van der Waals surface area contributed by atoms with Crippen molar-refractivity contribution < 1.29 is 4.79 Å². The highest BCUT2D eigenvalue weighted by Crippen LogP contribution is 2.09. The summed E-state index contributed by atoms with van der Waals surface area (Å²) in [7, 11) is 0. The van der Waals surface area contributed by atoms with Gasteiger partial charge in [-0.25, -0.2) is 4.79 Å². The minimum atomic E-state index is -0.0330. The highest BCUT2D eigenvalue weighted by molar-refractivity contribution is 5.75. The van der Waals surface area contributed by atoms with E-state index >= 15 is 0 Å². The van der Waals surface area contributed by atoms with Crippen LogP contribution >= 0.6 is 0 Å². The van der Waals surface area contributed by atoms with E-state index in [1.807, 2.05) is 11.0 Å². The maximum atomic E-state index is 12.1. The summed E-state index contributed by atoms with van der Waals surface area (Å²) in [5.41, 5.74) is 1.32. The van der Waals surface area contributed by atoms with Crippen molar-refractivity contribution in [2.45, 2.75) is 6.54 Å². The topological polar surface area (TPSA) is 41.4 Å². The zero-order chi connectivity index (χ0) is 13.8. The third kappa shape index (κ3) is 2.88. The molecule has 0 aliphatic carbocycles. The summed E-state index contributed by atoms with van der Waals surface area (Å²) in [5, 5.41) is 3.99. The van der Waals surface area contributed by atoms with Gasteiger partial charge in [-0.05, 0) is 11.6 Å². The van der Waals surface area contributed by atoms with Gasteiger partial charge in [-0.1, -0.05) is 30.3 Å². The van der Waals surface area contributed by atoms with Crippen LogP contribution in [0.3, 0.4) is 0 Å². The summed E-state index contributed by atoms with van der Waals surface area (Å²) in [6.45, 7) is 4.27. The summed E-state index contributed by atoms with van der Waals surface area (Å²) in [5.74, 6) is 0. The summed E-state index contributed by atoms with van der Waals surface area (Å²) < 4.78 is 1.40. The number of hydrogen-bond acceptors (Lipinski definition) is 3. The molecule has 1 aromatic heterocycles. The first-order valence-electron chi connectivity index (χ1n) is 6.88. The van der Waals surface area contributed by atoms with Crippen molar-refractivity contribution in [2.75, 3.05) is 26.2 Å². The highest BCUT2D eigenvalue weighted by atomic mass is 16.2. The Bertz CT molecular complexity index is 545. The van der Waals surface area contributed by atoms with Crippen LogP contribution in [0.2, 0.25) is 0 Å². The van der Waals surface area contributed by atoms with Crippen molar-refractivity contribution in [1.82, 2.24) is 19.6 Å². The Balaban J connectivity index is 1.53. The van der Waals surface area contributed by atoms with Gasteiger partial charge in [0.1, 0.15) is 0 Å². The number of rotatable bonds is 2. The van der Waals surface area contributed by atoms with Crippen molar-refractivity contribution in [3.05, 3.63) is 54.4 Å². The smallest absolute Gasteiger partial charge is 0.320 e. The molecule has 5 nitrogen and oxygen atoms in total. The van der Waals surface area contributed by atoms with E-state index in [9.17, 15) is 4.79 Å². The molecule has 1 fully saturated rings. The van der Waals surface area contributed by atoms with Crippen LogP contribution in [0, 0.1) is 0 Å². The maximum Gasteiger partial charge on any atom is 0.344 e. The zero-order valence-electron chi connectivity index (χ0n) is 11.4. The quantitative estimate of drug-likeness (QED) is 0.833. The number of hydrogen-bond donors (Lipinski definition) is 0. The van der Waals surface area contributed by atoms with Crippen molar-refractivity contribution in [2.24, 2.45) is 0 Å². The van der Waals surface area contributed by atoms with Gasteiger partial charge < -0.3 is 4.90 Å². The average Bonchev–Trinajstić information content (AvgIpc) is 3.03. The monoisotopic (exact) mass is 270 g/mol. The van der Waals surface area contributed by atoms with E-state index in [1.165, 1.54) is 10.2 Å². The van der Waals surface area contributed by atoms with Crippen LogP contribution in [0.25, 0.3) is 0 Å². The first kappa shape index (κ1) is 12.9. The van der Waals surface area contributed by atoms with Crippen LogP contribution in [-0.2, 0) is 6.54 Å². The third-order valence-electron chi connectivity index (χ3n) is 3.59.